The molecule has 5 rings (SSSR count). The van der Waals surface area contributed by atoms with Gasteiger partial charge in [0.2, 0.25) is 6.79 Å². The molecule has 3 aromatic rings. The van der Waals surface area contributed by atoms with Crippen LogP contribution in [0, 0.1) is 11.3 Å². The molecule has 2 aliphatic heterocycles. The van der Waals surface area contributed by atoms with Crippen LogP contribution in [0.2, 0.25) is 0 Å². The number of ether oxygens (including phenoxy) is 3. The van der Waals surface area contributed by atoms with Crippen molar-refractivity contribution in [1.82, 2.24) is 0 Å². The van der Waals surface area contributed by atoms with Crippen molar-refractivity contribution in [1.29, 1.82) is 5.26 Å². The lowest BCUT2D eigenvalue weighted by Crippen LogP contribution is -2.43. The van der Waals surface area contributed by atoms with Crippen molar-refractivity contribution in [3.8, 4) is 23.3 Å². The molecule has 0 bridgehead atoms. The highest BCUT2D eigenvalue weighted by molar-refractivity contribution is 6.12. The maximum absolute atomic E-state index is 13.5. The zero-order valence-electron chi connectivity index (χ0n) is 15.9. The molecule has 7 heteroatoms. The van der Waals surface area contributed by atoms with Crippen molar-refractivity contribution in [2.75, 3.05) is 23.6 Å². The summed E-state index contributed by atoms with van der Waals surface area (Å²) in [6, 6.07) is 22.2. The Labute approximate surface area is 173 Å². The second kappa shape index (κ2) is 7.33. The van der Waals surface area contributed by atoms with Gasteiger partial charge in [-0.2, -0.15) is 5.26 Å². The summed E-state index contributed by atoms with van der Waals surface area (Å²) < 4.78 is 16.3. The minimum atomic E-state index is -0.433. The molecular weight excluding hydrogens is 382 g/mol. The number of carbonyl (C=O) groups excluding carboxylic acids is 1. The monoisotopic (exact) mass is 399 g/mol. The number of nitriles is 1. The molecule has 0 spiro atoms. The molecule has 30 heavy (non-hydrogen) atoms. The molecule has 2 heterocycles. The van der Waals surface area contributed by atoms with Crippen molar-refractivity contribution in [2.24, 2.45) is 0 Å². The molecule has 2 aliphatic rings. The summed E-state index contributed by atoms with van der Waals surface area (Å²) >= 11 is 0. The van der Waals surface area contributed by atoms with Crippen molar-refractivity contribution >= 4 is 17.3 Å². The number of nitrogens with zero attached hydrogens (tertiary/aromatic N) is 2. The van der Waals surface area contributed by atoms with Gasteiger partial charge in [0.15, 0.2) is 18.1 Å². The summed E-state index contributed by atoms with van der Waals surface area (Å²) in [5.41, 5.74) is 2.94. The van der Waals surface area contributed by atoms with Gasteiger partial charge >= 0.3 is 0 Å². The molecule has 1 amide bonds. The predicted octanol–water partition coefficient (Wildman–Crippen LogP) is 4.09. The summed E-state index contributed by atoms with van der Waals surface area (Å²) in [4.78, 5) is 15.2. The number of hydrogen-bond donors (Lipinski definition) is 1. The highest BCUT2D eigenvalue weighted by Gasteiger charge is 2.34. The van der Waals surface area contributed by atoms with Gasteiger partial charge in [-0.1, -0.05) is 24.3 Å². The summed E-state index contributed by atoms with van der Waals surface area (Å²) in [6.07, 6.45) is -0.433. The van der Waals surface area contributed by atoms with Crippen LogP contribution in [0.1, 0.15) is 22.1 Å². The minimum absolute atomic E-state index is 0.0177. The quantitative estimate of drug-likeness (QED) is 0.711. The number of fused-ring (bicyclic) bond motifs is 2. The molecule has 0 fully saturated rings. The second-order valence-corrected chi connectivity index (χ2v) is 6.82. The second-order valence-electron chi connectivity index (χ2n) is 6.82. The van der Waals surface area contributed by atoms with Crippen LogP contribution in [-0.2, 0) is 0 Å². The van der Waals surface area contributed by atoms with E-state index in [1.165, 1.54) is 0 Å². The van der Waals surface area contributed by atoms with E-state index in [0.717, 1.165) is 11.3 Å². The highest BCUT2D eigenvalue weighted by Crippen LogP contribution is 2.41. The summed E-state index contributed by atoms with van der Waals surface area (Å²) in [6.45, 7) is 0.150. The van der Waals surface area contributed by atoms with Crippen LogP contribution in [0.15, 0.2) is 66.7 Å². The maximum Gasteiger partial charge on any atom is 0.262 e. The number of amides is 1. The van der Waals surface area contributed by atoms with E-state index in [-0.39, 0.29) is 19.3 Å². The molecule has 0 aliphatic carbocycles. The lowest BCUT2D eigenvalue weighted by Gasteiger charge is -2.38. The van der Waals surface area contributed by atoms with E-state index in [2.05, 4.69) is 5.32 Å². The molecule has 0 aromatic heterocycles. The van der Waals surface area contributed by atoms with Gasteiger partial charge in [0, 0.05) is 11.8 Å². The molecule has 7 nitrogen and oxygen atoms in total. The molecule has 0 unspecified atom stereocenters. The van der Waals surface area contributed by atoms with Gasteiger partial charge in [-0.25, -0.2) is 0 Å². The first kappa shape index (κ1) is 17.9. The number of benzene rings is 3. The number of carbonyl (C=O) groups is 1. The van der Waals surface area contributed by atoms with Crippen LogP contribution in [0.5, 0.6) is 17.2 Å². The van der Waals surface area contributed by atoms with E-state index < -0.39 is 6.17 Å². The Morgan fingerprint density at radius 3 is 2.70 bits per heavy atom. The molecular formula is C23H17N3O4. The van der Waals surface area contributed by atoms with E-state index in [9.17, 15) is 4.79 Å². The first-order chi connectivity index (χ1) is 14.7. The smallest absolute Gasteiger partial charge is 0.262 e. The fraction of sp³-hybridized carbons (Fsp3) is 0.130. The average molecular weight is 399 g/mol. The Morgan fingerprint density at radius 1 is 1.07 bits per heavy atom. The van der Waals surface area contributed by atoms with Gasteiger partial charge in [0.25, 0.3) is 5.91 Å². The molecule has 0 saturated carbocycles. The standard InChI is InChI=1S/C23H17N3O4/c24-11-12-28-17-8-5-15(6-9-17)22-25-19-4-2-1-3-18(19)23(27)26(22)16-7-10-20-21(13-16)30-14-29-20/h1-10,13,22,25H,12,14H2/t22-/m1/s1. The van der Waals surface area contributed by atoms with Crippen molar-refractivity contribution in [3.05, 3.63) is 77.9 Å². The van der Waals surface area contributed by atoms with Crippen molar-refractivity contribution < 1.29 is 19.0 Å². The molecule has 1 atom stereocenters. The zero-order chi connectivity index (χ0) is 20.5. The fourth-order valence-corrected chi connectivity index (χ4v) is 3.65. The SMILES string of the molecule is N#CCOc1ccc([C@@H]2Nc3ccccc3C(=O)N2c2ccc3c(c2)OCO3)cc1. The molecule has 0 saturated heterocycles. The predicted molar refractivity (Wildman–Crippen MR) is 110 cm³/mol. The van der Waals surface area contributed by atoms with E-state index in [1.54, 1.807) is 29.2 Å². The normalized spacial score (nSPS) is 16.4. The van der Waals surface area contributed by atoms with Gasteiger partial charge in [-0.05, 0) is 42.0 Å². The van der Waals surface area contributed by atoms with Crippen LogP contribution in [0.4, 0.5) is 11.4 Å². The molecule has 0 radical (unpaired) electrons. The van der Waals surface area contributed by atoms with E-state index in [1.807, 2.05) is 48.5 Å². The van der Waals surface area contributed by atoms with Crippen molar-refractivity contribution in [2.45, 2.75) is 6.17 Å². The Kier molecular flexibility index (Phi) is 4.37. The van der Waals surface area contributed by atoms with Gasteiger partial charge in [0.1, 0.15) is 18.0 Å². The van der Waals surface area contributed by atoms with Gasteiger partial charge < -0.3 is 19.5 Å². The number of hydrogen-bond acceptors (Lipinski definition) is 6. The molecule has 1 N–H and O–H groups in total. The lowest BCUT2D eigenvalue weighted by atomic mass is 10.0. The first-order valence-corrected chi connectivity index (χ1v) is 9.43. The third kappa shape index (κ3) is 3.05. The van der Waals surface area contributed by atoms with E-state index >= 15 is 0 Å². The molecule has 3 aromatic carbocycles. The Balaban J connectivity index is 1.56. The summed E-state index contributed by atoms with van der Waals surface area (Å²) in [7, 11) is 0. The Hall–Kier alpha value is -4.18. The van der Waals surface area contributed by atoms with Crippen molar-refractivity contribution in [3.63, 3.8) is 0 Å². The fourth-order valence-electron chi connectivity index (χ4n) is 3.65. The Morgan fingerprint density at radius 2 is 1.87 bits per heavy atom. The number of rotatable bonds is 4. The molecule has 148 valence electrons. The summed E-state index contributed by atoms with van der Waals surface area (Å²) in [5, 5.41) is 12.1. The van der Waals surface area contributed by atoms with E-state index in [0.29, 0.717) is 28.5 Å². The summed E-state index contributed by atoms with van der Waals surface area (Å²) in [5.74, 6) is 1.75. The number of nitrogens with one attached hydrogen (secondary N) is 1. The van der Waals surface area contributed by atoms with Gasteiger partial charge in [0.05, 0.1) is 11.3 Å². The van der Waals surface area contributed by atoms with Crippen LogP contribution < -0.4 is 24.4 Å². The maximum atomic E-state index is 13.5. The lowest BCUT2D eigenvalue weighted by molar-refractivity contribution is 0.0975. The number of anilines is 2. The highest BCUT2D eigenvalue weighted by atomic mass is 16.7. The van der Waals surface area contributed by atoms with Crippen LogP contribution >= 0.6 is 0 Å². The third-order valence-corrected chi connectivity index (χ3v) is 5.06. The van der Waals surface area contributed by atoms with Crippen LogP contribution in [0.3, 0.4) is 0 Å². The average Bonchev–Trinajstić information content (AvgIpc) is 3.26. The first-order valence-electron chi connectivity index (χ1n) is 9.43. The van der Waals surface area contributed by atoms with Crippen LogP contribution in [-0.4, -0.2) is 19.3 Å². The largest absolute Gasteiger partial charge is 0.479 e. The minimum Gasteiger partial charge on any atom is -0.479 e. The number of para-hydroxylation sites is 1. The van der Waals surface area contributed by atoms with Gasteiger partial charge in [-0.3, -0.25) is 9.69 Å². The third-order valence-electron chi connectivity index (χ3n) is 5.06. The topological polar surface area (TPSA) is 83.8 Å². The Bertz CT molecular complexity index is 1150. The van der Waals surface area contributed by atoms with Gasteiger partial charge in [-0.15, -0.1) is 0 Å². The van der Waals surface area contributed by atoms with Crippen LogP contribution in [0.25, 0.3) is 0 Å². The van der Waals surface area contributed by atoms with E-state index in [4.69, 9.17) is 19.5 Å². The zero-order valence-corrected chi connectivity index (χ0v) is 15.9.